The Hall–Kier alpha value is -2.89. The fraction of sp³-hybridized carbons (Fsp3) is 0.0714. The minimum absolute atomic E-state index is 0.424. The van der Waals surface area contributed by atoms with Crippen molar-refractivity contribution in [2.45, 2.75) is 0 Å². The van der Waals surface area contributed by atoms with Gasteiger partial charge in [-0.1, -0.05) is 23.4 Å². The molecular formula is C14H13N5O. The summed E-state index contributed by atoms with van der Waals surface area (Å²) in [5, 5.41) is 12.8. The predicted molar refractivity (Wildman–Crippen MR) is 77.1 cm³/mol. The van der Waals surface area contributed by atoms with Gasteiger partial charge >= 0.3 is 0 Å². The number of aromatic nitrogens is 3. The van der Waals surface area contributed by atoms with Crippen LogP contribution in [0.2, 0.25) is 0 Å². The van der Waals surface area contributed by atoms with Gasteiger partial charge in [0.1, 0.15) is 0 Å². The summed E-state index contributed by atoms with van der Waals surface area (Å²) in [6.07, 6.45) is 3.21. The number of hydrogen-bond donors (Lipinski definition) is 2. The molecule has 0 unspecified atom stereocenters. The third kappa shape index (κ3) is 1.97. The van der Waals surface area contributed by atoms with E-state index in [2.05, 4.69) is 20.1 Å². The summed E-state index contributed by atoms with van der Waals surface area (Å²) in [7, 11) is 1.84. The Labute approximate surface area is 115 Å². The topological polar surface area (TPSA) is 77.4 Å². The first kappa shape index (κ1) is 12.2. The number of rotatable bonds is 2. The van der Waals surface area contributed by atoms with Gasteiger partial charge in [0.15, 0.2) is 11.5 Å². The molecule has 20 heavy (non-hydrogen) atoms. The van der Waals surface area contributed by atoms with Crippen LogP contribution in [0.1, 0.15) is 5.56 Å². The van der Waals surface area contributed by atoms with Crippen molar-refractivity contribution in [3.63, 3.8) is 0 Å². The van der Waals surface area contributed by atoms with Crippen molar-refractivity contribution in [2.24, 2.45) is 5.16 Å². The highest BCUT2D eigenvalue weighted by molar-refractivity contribution is 6.14. The van der Waals surface area contributed by atoms with E-state index in [1.807, 2.05) is 37.4 Å². The molecule has 3 aromatic rings. The number of pyridine rings is 1. The average molecular weight is 267 g/mol. The lowest BCUT2D eigenvalue weighted by molar-refractivity contribution is 0.318. The molecule has 2 aromatic heterocycles. The summed E-state index contributed by atoms with van der Waals surface area (Å²) in [4.78, 5) is 13.1. The molecule has 0 amide bonds. The fourth-order valence-electron chi connectivity index (χ4n) is 2.11. The van der Waals surface area contributed by atoms with E-state index in [0.29, 0.717) is 11.5 Å². The van der Waals surface area contributed by atoms with Crippen LogP contribution < -0.4 is 4.90 Å². The smallest absolute Gasteiger partial charge is 0.181 e. The number of amidine groups is 1. The van der Waals surface area contributed by atoms with Gasteiger partial charge in [-0.15, -0.1) is 0 Å². The molecule has 3 rings (SSSR count). The molecule has 0 aliphatic heterocycles. The molecule has 0 saturated carbocycles. The summed E-state index contributed by atoms with van der Waals surface area (Å²) >= 11 is 0. The Bertz CT molecular complexity index is 750. The van der Waals surface area contributed by atoms with Gasteiger partial charge in [0.2, 0.25) is 0 Å². The third-order valence-corrected chi connectivity index (χ3v) is 3.12. The minimum Gasteiger partial charge on any atom is -0.409 e. The van der Waals surface area contributed by atoms with Crippen molar-refractivity contribution in [1.29, 1.82) is 0 Å². The molecule has 0 aliphatic carbocycles. The van der Waals surface area contributed by atoms with E-state index >= 15 is 0 Å². The molecule has 6 nitrogen and oxygen atoms in total. The Morgan fingerprint density at radius 2 is 2.00 bits per heavy atom. The van der Waals surface area contributed by atoms with Crippen LogP contribution in [0.15, 0.2) is 54.1 Å². The number of benzene rings is 1. The number of H-pyrrole nitrogens is 1. The van der Waals surface area contributed by atoms with Gasteiger partial charge in [-0.25, -0.2) is 9.97 Å². The number of imidazole rings is 1. The second-order valence-electron chi connectivity index (χ2n) is 4.28. The monoisotopic (exact) mass is 267 g/mol. The molecule has 2 heterocycles. The molecule has 2 N–H and O–H groups in total. The minimum atomic E-state index is 0.424. The van der Waals surface area contributed by atoms with Crippen molar-refractivity contribution in [1.82, 2.24) is 15.0 Å². The van der Waals surface area contributed by atoms with Crippen LogP contribution >= 0.6 is 0 Å². The third-order valence-electron chi connectivity index (χ3n) is 3.12. The molecule has 1 aromatic carbocycles. The van der Waals surface area contributed by atoms with Gasteiger partial charge in [0.25, 0.3) is 0 Å². The van der Waals surface area contributed by atoms with Gasteiger partial charge in [0, 0.05) is 24.5 Å². The maximum Gasteiger partial charge on any atom is 0.181 e. The maximum absolute atomic E-state index is 9.40. The van der Waals surface area contributed by atoms with Crippen molar-refractivity contribution in [3.05, 3.63) is 54.5 Å². The predicted octanol–water partition coefficient (Wildman–Crippen LogP) is 2.23. The average Bonchev–Trinajstić information content (AvgIpc) is 2.98. The number of fused-ring (bicyclic) bond motifs is 1. The number of hydrogen-bond acceptors (Lipinski definition) is 4. The van der Waals surface area contributed by atoms with Gasteiger partial charge in [-0.3, -0.25) is 0 Å². The van der Waals surface area contributed by atoms with E-state index in [9.17, 15) is 5.21 Å². The zero-order chi connectivity index (χ0) is 13.9. The number of aromatic amines is 1. The zero-order valence-corrected chi connectivity index (χ0v) is 10.9. The lowest BCUT2D eigenvalue weighted by Crippen LogP contribution is -2.27. The molecular weight excluding hydrogens is 254 g/mol. The normalized spacial score (nSPS) is 11.8. The Morgan fingerprint density at radius 3 is 2.75 bits per heavy atom. The Morgan fingerprint density at radius 1 is 1.20 bits per heavy atom. The molecule has 0 bridgehead atoms. The first-order valence-corrected chi connectivity index (χ1v) is 6.10. The van der Waals surface area contributed by atoms with Crippen LogP contribution in [-0.4, -0.2) is 33.0 Å². The van der Waals surface area contributed by atoms with E-state index in [4.69, 9.17) is 0 Å². The number of anilines is 1. The van der Waals surface area contributed by atoms with Crippen LogP contribution in [-0.2, 0) is 0 Å². The molecule has 0 aliphatic rings. The molecule has 0 saturated heterocycles. The van der Waals surface area contributed by atoms with Crippen molar-refractivity contribution < 1.29 is 5.21 Å². The first-order valence-electron chi connectivity index (χ1n) is 6.10. The van der Waals surface area contributed by atoms with E-state index in [-0.39, 0.29) is 0 Å². The molecule has 0 fully saturated rings. The van der Waals surface area contributed by atoms with Crippen LogP contribution in [0.25, 0.3) is 11.2 Å². The van der Waals surface area contributed by atoms with E-state index in [0.717, 1.165) is 16.8 Å². The second-order valence-corrected chi connectivity index (χ2v) is 4.28. The zero-order valence-electron chi connectivity index (χ0n) is 10.9. The number of nitrogens with zero attached hydrogens (tertiary/aromatic N) is 4. The lowest BCUT2D eigenvalue weighted by atomic mass is 10.2. The van der Waals surface area contributed by atoms with Crippen molar-refractivity contribution in [3.8, 4) is 0 Å². The Kier molecular flexibility index (Phi) is 3.04. The SMILES string of the molecule is CN(C(=NO)c1ccnc2nc[nH]c12)c1ccccc1. The number of para-hydroxylation sites is 1. The van der Waals surface area contributed by atoms with Crippen molar-refractivity contribution in [2.75, 3.05) is 11.9 Å². The van der Waals surface area contributed by atoms with Crippen LogP contribution in [0.3, 0.4) is 0 Å². The summed E-state index contributed by atoms with van der Waals surface area (Å²) in [5.41, 5.74) is 2.99. The summed E-state index contributed by atoms with van der Waals surface area (Å²) in [6, 6.07) is 11.5. The first-order chi connectivity index (χ1) is 9.81. The highest BCUT2D eigenvalue weighted by Crippen LogP contribution is 2.19. The summed E-state index contributed by atoms with van der Waals surface area (Å²) in [6.45, 7) is 0. The lowest BCUT2D eigenvalue weighted by Gasteiger charge is -2.20. The largest absolute Gasteiger partial charge is 0.409 e. The van der Waals surface area contributed by atoms with Gasteiger partial charge in [0.05, 0.1) is 11.8 Å². The van der Waals surface area contributed by atoms with E-state index in [1.54, 1.807) is 23.5 Å². The fourth-order valence-corrected chi connectivity index (χ4v) is 2.11. The van der Waals surface area contributed by atoms with Crippen molar-refractivity contribution >= 4 is 22.7 Å². The number of oxime groups is 1. The highest BCUT2D eigenvalue weighted by Gasteiger charge is 2.16. The second kappa shape index (κ2) is 5.00. The van der Waals surface area contributed by atoms with Crippen LogP contribution in [0.5, 0.6) is 0 Å². The van der Waals surface area contributed by atoms with E-state index in [1.165, 1.54) is 0 Å². The maximum atomic E-state index is 9.40. The molecule has 100 valence electrons. The summed E-state index contributed by atoms with van der Waals surface area (Å²) < 4.78 is 0. The molecule has 6 heteroatoms. The standard InChI is InChI=1S/C14H13N5O/c1-19(10-5-3-2-4-6-10)14(18-20)11-7-8-15-13-12(11)16-9-17-13/h2-9,20H,1H3,(H,15,16,17). The van der Waals surface area contributed by atoms with Crippen LogP contribution in [0, 0.1) is 0 Å². The van der Waals surface area contributed by atoms with Gasteiger partial charge in [-0.2, -0.15) is 0 Å². The Balaban J connectivity index is 2.09. The molecule has 0 radical (unpaired) electrons. The van der Waals surface area contributed by atoms with Crippen LogP contribution in [0.4, 0.5) is 5.69 Å². The highest BCUT2D eigenvalue weighted by atomic mass is 16.4. The molecule has 0 spiro atoms. The van der Waals surface area contributed by atoms with E-state index < -0.39 is 0 Å². The quantitative estimate of drug-likeness (QED) is 0.323. The molecule has 0 atom stereocenters. The van der Waals surface area contributed by atoms with Gasteiger partial charge in [-0.05, 0) is 18.2 Å². The number of nitrogens with one attached hydrogen (secondary N) is 1. The van der Waals surface area contributed by atoms with Gasteiger partial charge < -0.3 is 15.1 Å². The summed E-state index contributed by atoms with van der Waals surface area (Å²) in [5.74, 6) is 0.424.